The summed E-state index contributed by atoms with van der Waals surface area (Å²) in [7, 11) is 0. The molecule has 0 spiro atoms. The Bertz CT molecular complexity index is 396. The van der Waals surface area contributed by atoms with Crippen LogP contribution in [0.3, 0.4) is 0 Å². The molecule has 2 heteroatoms. The van der Waals surface area contributed by atoms with Crippen LogP contribution in [0.1, 0.15) is 51.7 Å². The standard InChI is InChI=1S/C17H26OS/c1-13(2)12-16-9-6-5-8-15(16)10-7-11-17(18)19-14(3)4/h5-6,8-9,13-14H,7,10-12H2,1-4H3. The smallest absolute Gasteiger partial charge is 0.189 e. The lowest BCUT2D eigenvalue weighted by atomic mass is 9.95. The molecule has 0 aliphatic heterocycles. The van der Waals surface area contributed by atoms with Crippen molar-refractivity contribution < 1.29 is 4.79 Å². The van der Waals surface area contributed by atoms with E-state index < -0.39 is 0 Å². The molecule has 0 unspecified atom stereocenters. The molecule has 0 atom stereocenters. The first-order chi connectivity index (χ1) is 8.99. The number of hydrogen-bond acceptors (Lipinski definition) is 2. The fourth-order valence-corrected chi connectivity index (χ4v) is 2.97. The SMILES string of the molecule is CC(C)Cc1ccccc1CCCC(=O)SC(C)C. The van der Waals surface area contributed by atoms with Gasteiger partial charge in [0, 0.05) is 11.7 Å². The fourth-order valence-electron chi connectivity index (χ4n) is 2.19. The second-order valence-electron chi connectivity index (χ2n) is 5.76. The van der Waals surface area contributed by atoms with Crippen molar-refractivity contribution in [1.29, 1.82) is 0 Å². The van der Waals surface area contributed by atoms with Crippen LogP contribution in [-0.4, -0.2) is 10.4 Å². The van der Waals surface area contributed by atoms with E-state index in [0.29, 0.717) is 22.7 Å². The molecule has 1 nitrogen and oxygen atoms in total. The second kappa shape index (κ2) is 8.42. The highest BCUT2D eigenvalue weighted by atomic mass is 32.2. The quantitative estimate of drug-likeness (QED) is 0.707. The van der Waals surface area contributed by atoms with Gasteiger partial charge in [-0.05, 0) is 36.3 Å². The van der Waals surface area contributed by atoms with Gasteiger partial charge in [-0.25, -0.2) is 0 Å². The monoisotopic (exact) mass is 278 g/mol. The van der Waals surface area contributed by atoms with Crippen LogP contribution >= 0.6 is 11.8 Å². The third-order valence-electron chi connectivity index (χ3n) is 2.94. The summed E-state index contributed by atoms with van der Waals surface area (Å²) in [6.45, 7) is 8.64. The lowest BCUT2D eigenvalue weighted by Gasteiger charge is -2.11. The molecule has 1 aromatic carbocycles. The number of aryl methyl sites for hydroxylation is 1. The van der Waals surface area contributed by atoms with E-state index >= 15 is 0 Å². The Balaban J connectivity index is 2.46. The van der Waals surface area contributed by atoms with Gasteiger partial charge < -0.3 is 0 Å². The van der Waals surface area contributed by atoms with E-state index in [0.717, 1.165) is 19.3 Å². The van der Waals surface area contributed by atoms with Crippen LogP contribution in [0.2, 0.25) is 0 Å². The molecule has 19 heavy (non-hydrogen) atoms. The normalized spacial score (nSPS) is 11.3. The van der Waals surface area contributed by atoms with E-state index in [9.17, 15) is 4.79 Å². The van der Waals surface area contributed by atoms with Crippen LogP contribution in [0.5, 0.6) is 0 Å². The third-order valence-corrected chi connectivity index (χ3v) is 3.88. The summed E-state index contributed by atoms with van der Waals surface area (Å²) in [6, 6.07) is 8.64. The third kappa shape index (κ3) is 6.81. The zero-order valence-electron chi connectivity index (χ0n) is 12.6. The lowest BCUT2D eigenvalue weighted by Crippen LogP contribution is -2.02. The van der Waals surface area contributed by atoms with Gasteiger partial charge in [-0.2, -0.15) is 0 Å². The Morgan fingerprint density at radius 2 is 1.74 bits per heavy atom. The Labute approximate surface area is 122 Å². The van der Waals surface area contributed by atoms with E-state index in [-0.39, 0.29) is 0 Å². The van der Waals surface area contributed by atoms with Gasteiger partial charge in [-0.1, -0.05) is 63.7 Å². The number of thioether (sulfide) groups is 1. The second-order valence-corrected chi connectivity index (χ2v) is 7.39. The van der Waals surface area contributed by atoms with Crippen molar-refractivity contribution in [2.75, 3.05) is 0 Å². The molecule has 0 heterocycles. The van der Waals surface area contributed by atoms with E-state index in [1.165, 1.54) is 22.9 Å². The van der Waals surface area contributed by atoms with Crippen molar-refractivity contribution in [3.8, 4) is 0 Å². The van der Waals surface area contributed by atoms with Crippen molar-refractivity contribution in [1.82, 2.24) is 0 Å². The van der Waals surface area contributed by atoms with Crippen LogP contribution in [0.25, 0.3) is 0 Å². The summed E-state index contributed by atoms with van der Waals surface area (Å²) in [5.74, 6) is 0.680. The molecule has 1 aromatic rings. The van der Waals surface area contributed by atoms with E-state index in [4.69, 9.17) is 0 Å². The first-order valence-electron chi connectivity index (χ1n) is 7.25. The van der Waals surface area contributed by atoms with Gasteiger partial charge in [0.25, 0.3) is 0 Å². The number of carbonyl (C=O) groups excluding carboxylic acids is 1. The van der Waals surface area contributed by atoms with E-state index in [1.807, 2.05) is 0 Å². The zero-order valence-corrected chi connectivity index (χ0v) is 13.4. The predicted octanol–water partition coefficient (Wildman–Crippen LogP) is 4.88. The van der Waals surface area contributed by atoms with Gasteiger partial charge >= 0.3 is 0 Å². The highest BCUT2D eigenvalue weighted by Crippen LogP contribution is 2.18. The van der Waals surface area contributed by atoms with Crippen LogP contribution in [0.4, 0.5) is 0 Å². The molecule has 0 N–H and O–H groups in total. The summed E-state index contributed by atoms with van der Waals surface area (Å²) in [5, 5.41) is 0.733. The maximum atomic E-state index is 11.7. The largest absolute Gasteiger partial charge is 0.287 e. The summed E-state index contributed by atoms with van der Waals surface area (Å²) in [4.78, 5) is 11.7. The number of benzene rings is 1. The summed E-state index contributed by atoms with van der Waals surface area (Å²) < 4.78 is 0. The van der Waals surface area contributed by atoms with Gasteiger partial charge in [0.2, 0.25) is 0 Å². The van der Waals surface area contributed by atoms with Crippen molar-refractivity contribution in [2.24, 2.45) is 5.92 Å². The molecule has 0 saturated heterocycles. The van der Waals surface area contributed by atoms with Crippen LogP contribution in [-0.2, 0) is 17.6 Å². The highest BCUT2D eigenvalue weighted by Gasteiger charge is 2.08. The summed E-state index contributed by atoms with van der Waals surface area (Å²) >= 11 is 1.47. The molecule has 0 amide bonds. The minimum absolute atomic E-state index is 0.330. The van der Waals surface area contributed by atoms with Gasteiger partial charge in [0.15, 0.2) is 5.12 Å². The number of carbonyl (C=O) groups is 1. The van der Waals surface area contributed by atoms with Crippen molar-refractivity contribution in [3.63, 3.8) is 0 Å². The molecule has 0 aliphatic carbocycles. The molecule has 0 saturated carbocycles. The van der Waals surface area contributed by atoms with E-state index in [2.05, 4.69) is 52.0 Å². The van der Waals surface area contributed by atoms with Crippen molar-refractivity contribution in [2.45, 2.75) is 58.6 Å². The minimum atomic E-state index is 0.330. The van der Waals surface area contributed by atoms with E-state index in [1.54, 1.807) is 0 Å². The molecule has 0 radical (unpaired) electrons. The van der Waals surface area contributed by atoms with Gasteiger partial charge in [-0.15, -0.1) is 0 Å². The molecule has 106 valence electrons. The van der Waals surface area contributed by atoms with Gasteiger partial charge in [0.1, 0.15) is 0 Å². The van der Waals surface area contributed by atoms with Crippen LogP contribution in [0.15, 0.2) is 24.3 Å². The number of rotatable bonds is 7. The summed E-state index contributed by atoms with van der Waals surface area (Å²) in [6.07, 6.45) is 3.81. The van der Waals surface area contributed by atoms with Crippen molar-refractivity contribution >= 4 is 16.9 Å². The Morgan fingerprint density at radius 1 is 1.11 bits per heavy atom. The Morgan fingerprint density at radius 3 is 2.32 bits per heavy atom. The van der Waals surface area contributed by atoms with Gasteiger partial charge in [0.05, 0.1) is 0 Å². The minimum Gasteiger partial charge on any atom is -0.287 e. The Kier molecular flexibility index (Phi) is 7.22. The summed E-state index contributed by atoms with van der Waals surface area (Å²) in [5.41, 5.74) is 2.86. The fraction of sp³-hybridized carbons (Fsp3) is 0.588. The molecular formula is C17H26OS. The van der Waals surface area contributed by atoms with Crippen LogP contribution in [0, 0.1) is 5.92 Å². The molecule has 0 bridgehead atoms. The van der Waals surface area contributed by atoms with Crippen molar-refractivity contribution in [3.05, 3.63) is 35.4 Å². The Hall–Kier alpha value is -0.760. The topological polar surface area (TPSA) is 17.1 Å². The maximum absolute atomic E-state index is 11.7. The van der Waals surface area contributed by atoms with Gasteiger partial charge in [-0.3, -0.25) is 4.79 Å². The average molecular weight is 278 g/mol. The predicted molar refractivity (Wildman–Crippen MR) is 85.7 cm³/mol. The molecule has 0 aromatic heterocycles. The molecule has 0 aliphatic rings. The number of hydrogen-bond donors (Lipinski definition) is 0. The zero-order chi connectivity index (χ0) is 14.3. The maximum Gasteiger partial charge on any atom is 0.189 e. The lowest BCUT2D eigenvalue weighted by molar-refractivity contribution is -0.111. The highest BCUT2D eigenvalue weighted by molar-refractivity contribution is 8.14. The molecular weight excluding hydrogens is 252 g/mol. The first-order valence-corrected chi connectivity index (χ1v) is 8.13. The first kappa shape index (κ1) is 16.3. The average Bonchev–Trinajstić information content (AvgIpc) is 2.29. The van der Waals surface area contributed by atoms with Crippen LogP contribution < -0.4 is 0 Å². The molecule has 0 fully saturated rings. The molecule has 1 rings (SSSR count).